The van der Waals surface area contributed by atoms with Crippen LogP contribution in [-0.2, 0) is 11.2 Å². The van der Waals surface area contributed by atoms with Crippen LogP contribution in [0, 0.1) is 23.2 Å². The third-order valence-corrected chi connectivity index (χ3v) is 7.79. The average Bonchev–Trinajstić information content (AvgIpc) is 2.51. The van der Waals surface area contributed by atoms with Gasteiger partial charge in [0.05, 0.1) is 0 Å². The van der Waals surface area contributed by atoms with E-state index in [4.69, 9.17) is 0 Å². The van der Waals surface area contributed by atoms with Crippen LogP contribution in [0.4, 0.5) is 0 Å². The molecule has 1 N–H and O–H groups in total. The van der Waals surface area contributed by atoms with Crippen LogP contribution in [0.25, 0.3) is 5.70 Å². The number of carbonyl (C=O) groups excluding carboxylic acids is 1. The number of halogens is 1. The molecule has 1 aromatic carbocycles. The SMILES string of the molecule is CC1(C)Cc2cc(Br)ccc2/C(=C\C(=O)C23CC4CC(CC(C4)C2)C3)N1. The van der Waals surface area contributed by atoms with Crippen molar-refractivity contribution in [3.8, 4) is 0 Å². The lowest BCUT2D eigenvalue weighted by Gasteiger charge is -2.55. The van der Waals surface area contributed by atoms with Crippen LogP contribution < -0.4 is 5.32 Å². The molecule has 0 amide bonds. The molecule has 0 aromatic heterocycles. The Morgan fingerprint density at radius 1 is 1.12 bits per heavy atom. The van der Waals surface area contributed by atoms with E-state index >= 15 is 0 Å². The van der Waals surface area contributed by atoms with Gasteiger partial charge in [-0.1, -0.05) is 22.0 Å². The zero-order chi connectivity index (χ0) is 18.1. The molecule has 0 saturated heterocycles. The molecule has 4 bridgehead atoms. The first-order chi connectivity index (χ1) is 12.3. The third kappa shape index (κ3) is 2.78. The molecule has 1 aromatic rings. The fourth-order valence-electron chi connectivity index (χ4n) is 6.73. The number of fused-ring (bicyclic) bond motifs is 1. The Morgan fingerprint density at radius 2 is 1.73 bits per heavy atom. The van der Waals surface area contributed by atoms with E-state index < -0.39 is 0 Å². The van der Waals surface area contributed by atoms with Crippen molar-refractivity contribution in [2.75, 3.05) is 0 Å². The zero-order valence-corrected chi connectivity index (χ0v) is 17.4. The topological polar surface area (TPSA) is 29.1 Å². The lowest BCUT2D eigenvalue weighted by Crippen LogP contribution is -2.50. The lowest BCUT2D eigenvalue weighted by atomic mass is 9.48. The number of hydrogen-bond acceptors (Lipinski definition) is 2. The summed E-state index contributed by atoms with van der Waals surface area (Å²) in [5.74, 6) is 2.82. The van der Waals surface area contributed by atoms with Crippen LogP contribution in [0.15, 0.2) is 28.7 Å². The lowest BCUT2D eigenvalue weighted by molar-refractivity contribution is -0.138. The van der Waals surface area contributed by atoms with Crippen LogP contribution in [0.1, 0.15) is 63.5 Å². The van der Waals surface area contributed by atoms with Gasteiger partial charge in [0.25, 0.3) is 0 Å². The van der Waals surface area contributed by atoms with Gasteiger partial charge in [0.1, 0.15) is 0 Å². The van der Waals surface area contributed by atoms with Crippen molar-refractivity contribution < 1.29 is 4.79 Å². The van der Waals surface area contributed by atoms with Gasteiger partial charge in [0, 0.05) is 32.8 Å². The van der Waals surface area contributed by atoms with Gasteiger partial charge in [0.2, 0.25) is 0 Å². The van der Waals surface area contributed by atoms with E-state index in [1.54, 1.807) is 0 Å². The first-order valence-corrected chi connectivity index (χ1v) is 10.9. The second-order valence-corrected chi connectivity index (χ2v) is 11.0. The summed E-state index contributed by atoms with van der Waals surface area (Å²) in [5.41, 5.74) is 3.48. The summed E-state index contributed by atoms with van der Waals surface area (Å²) in [7, 11) is 0. The minimum atomic E-state index is -0.0550. The van der Waals surface area contributed by atoms with E-state index in [0.29, 0.717) is 5.78 Å². The molecular weight excluding hydrogens is 386 g/mol. The van der Waals surface area contributed by atoms with Crippen LogP contribution in [0.5, 0.6) is 0 Å². The molecule has 4 fully saturated rings. The standard InChI is InChI=1S/C23H28BrNO/c1-22(2)13-17-8-18(24)3-4-19(17)20(25-22)9-21(26)23-10-14-5-15(11-23)7-16(6-14)12-23/h3-4,8-9,14-16,25H,5-7,10-13H2,1-2H3/b20-9+. The summed E-state index contributed by atoms with van der Waals surface area (Å²) in [6, 6.07) is 6.45. The van der Waals surface area contributed by atoms with Crippen LogP contribution >= 0.6 is 15.9 Å². The molecule has 1 heterocycles. The molecule has 6 rings (SSSR count). The highest BCUT2D eigenvalue weighted by molar-refractivity contribution is 9.10. The van der Waals surface area contributed by atoms with E-state index in [0.717, 1.165) is 53.6 Å². The van der Waals surface area contributed by atoms with Gasteiger partial charge >= 0.3 is 0 Å². The Morgan fingerprint density at radius 3 is 2.35 bits per heavy atom. The molecule has 0 atom stereocenters. The highest BCUT2D eigenvalue weighted by atomic mass is 79.9. The maximum absolute atomic E-state index is 13.5. The predicted octanol–water partition coefficient (Wildman–Crippen LogP) is 5.50. The number of benzene rings is 1. The summed E-state index contributed by atoms with van der Waals surface area (Å²) in [6.45, 7) is 4.44. The summed E-state index contributed by atoms with van der Waals surface area (Å²) >= 11 is 3.60. The molecule has 4 aliphatic carbocycles. The number of ketones is 1. The highest BCUT2D eigenvalue weighted by Crippen LogP contribution is 2.60. The number of carbonyl (C=O) groups is 1. The third-order valence-electron chi connectivity index (χ3n) is 7.30. The fourth-order valence-corrected chi connectivity index (χ4v) is 7.14. The number of allylic oxidation sites excluding steroid dienone is 1. The molecule has 138 valence electrons. The van der Waals surface area contributed by atoms with Crippen molar-refractivity contribution in [1.82, 2.24) is 5.32 Å². The van der Waals surface area contributed by atoms with Gasteiger partial charge in [-0.3, -0.25) is 4.79 Å². The number of nitrogens with one attached hydrogen (secondary N) is 1. The molecule has 1 aliphatic heterocycles. The first-order valence-electron chi connectivity index (χ1n) is 10.2. The molecule has 3 heteroatoms. The van der Waals surface area contributed by atoms with Gasteiger partial charge < -0.3 is 5.32 Å². The first kappa shape index (κ1) is 17.0. The van der Waals surface area contributed by atoms with Crippen molar-refractivity contribution >= 4 is 27.4 Å². The van der Waals surface area contributed by atoms with Gasteiger partial charge in [0.15, 0.2) is 5.78 Å². The van der Waals surface area contributed by atoms with E-state index in [1.807, 2.05) is 6.08 Å². The second kappa shape index (κ2) is 5.70. The summed E-state index contributed by atoms with van der Waals surface area (Å²) in [5, 5.41) is 3.66. The van der Waals surface area contributed by atoms with Crippen molar-refractivity contribution in [2.24, 2.45) is 23.2 Å². The van der Waals surface area contributed by atoms with E-state index in [1.165, 1.54) is 30.4 Å². The highest BCUT2D eigenvalue weighted by Gasteiger charge is 2.53. The van der Waals surface area contributed by atoms with E-state index in [2.05, 4.69) is 53.3 Å². The molecule has 0 spiro atoms. The Labute approximate surface area is 165 Å². The number of rotatable bonds is 2. The van der Waals surface area contributed by atoms with E-state index in [9.17, 15) is 4.79 Å². The average molecular weight is 414 g/mol. The summed E-state index contributed by atoms with van der Waals surface area (Å²) in [4.78, 5) is 13.5. The summed E-state index contributed by atoms with van der Waals surface area (Å²) < 4.78 is 1.11. The maximum Gasteiger partial charge on any atom is 0.163 e. The second-order valence-electron chi connectivity index (χ2n) is 10.1. The molecule has 26 heavy (non-hydrogen) atoms. The van der Waals surface area contributed by atoms with Crippen molar-refractivity contribution in [3.05, 3.63) is 39.9 Å². The van der Waals surface area contributed by atoms with Crippen LogP contribution in [-0.4, -0.2) is 11.3 Å². The minimum absolute atomic E-state index is 0.0264. The fraction of sp³-hybridized carbons (Fsp3) is 0.609. The van der Waals surface area contributed by atoms with Gasteiger partial charge in [-0.05, 0) is 94.2 Å². The molecule has 4 saturated carbocycles. The monoisotopic (exact) mass is 413 g/mol. The summed E-state index contributed by atoms with van der Waals surface area (Å²) in [6.07, 6.45) is 10.5. The van der Waals surface area contributed by atoms with Gasteiger partial charge in [-0.2, -0.15) is 0 Å². The van der Waals surface area contributed by atoms with Gasteiger partial charge in [-0.25, -0.2) is 0 Å². The Hall–Kier alpha value is -1.09. The smallest absolute Gasteiger partial charge is 0.163 e. The quantitative estimate of drug-likeness (QED) is 0.648. The Kier molecular flexibility index (Phi) is 3.74. The van der Waals surface area contributed by atoms with E-state index in [-0.39, 0.29) is 11.0 Å². The van der Waals surface area contributed by atoms with Crippen molar-refractivity contribution in [3.63, 3.8) is 0 Å². The van der Waals surface area contributed by atoms with Gasteiger partial charge in [-0.15, -0.1) is 0 Å². The van der Waals surface area contributed by atoms with Crippen molar-refractivity contribution in [1.29, 1.82) is 0 Å². The minimum Gasteiger partial charge on any atom is -0.379 e. The molecular formula is C23H28BrNO. The molecule has 5 aliphatic rings. The largest absolute Gasteiger partial charge is 0.379 e. The number of hydrogen-bond donors (Lipinski definition) is 1. The molecule has 0 unspecified atom stereocenters. The Bertz CT molecular complexity index is 771. The van der Waals surface area contributed by atoms with Crippen LogP contribution in [0.3, 0.4) is 0 Å². The van der Waals surface area contributed by atoms with Crippen molar-refractivity contribution in [2.45, 2.75) is 64.3 Å². The molecule has 2 nitrogen and oxygen atoms in total. The Balaban J connectivity index is 1.51. The maximum atomic E-state index is 13.5. The predicted molar refractivity (Wildman–Crippen MR) is 109 cm³/mol. The molecule has 0 radical (unpaired) electrons. The normalized spacial score (nSPS) is 38.1. The zero-order valence-electron chi connectivity index (χ0n) is 15.8. The van der Waals surface area contributed by atoms with Crippen LogP contribution in [0.2, 0.25) is 0 Å².